The molecule has 1 aromatic rings. The minimum absolute atomic E-state index is 0. The standard InChI is InChI=1S/C15H20BrN3O2.ClH/c16-12-5-7-13(8-6-12)21-14(20)11-3-1-10(2-4-11)9-19-15(17)18;/h5-8,10-11H,1-4,9H2,(H4,17,18,19);1H. The number of halogens is 2. The van der Waals surface area contributed by atoms with Crippen molar-refractivity contribution >= 4 is 40.3 Å². The number of hydrogen-bond donors (Lipinski definition) is 2. The zero-order valence-electron chi connectivity index (χ0n) is 12.2. The molecule has 0 atom stereocenters. The van der Waals surface area contributed by atoms with E-state index in [-0.39, 0.29) is 30.3 Å². The van der Waals surface area contributed by atoms with Crippen molar-refractivity contribution in [3.63, 3.8) is 0 Å². The van der Waals surface area contributed by atoms with Crippen LogP contribution in [0.1, 0.15) is 25.7 Å². The molecule has 0 aliphatic heterocycles. The number of nitrogens with two attached hydrogens (primary N) is 2. The number of rotatable bonds is 4. The molecule has 0 bridgehead atoms. The summed E-state index contributed by atoms with van der Waals surface area (Å²) in [4.78, 5) is 16.2. The zero-order chi connectivity index (χ0) is 15.2. The van der Waals surface area contributed by atoms with Crippen LogP contribution in [0.2, 0.25) is 0 Å². The fourth-order valence-corrected chi connectivity index (χ4v) is 2.78. The summed E-state index contributed by atoms with van der Waals surface area (Å²) in [7, 11) is 0. The summed E-state index contributed by atoms with van der Waals surface area (Å²) in [6, 6.07) is 7.28. The SMILES string of the molecule is Cl.NC(N)=NCC1CCC(C(=O)Oc2ccc(Br)cc2)CC1. The molecule has 122 valence electrons. The van der Waals surface area contributed by atoms with Crippen molar-refractivity contribution in [3.05, 3.63) is 28.7 Å². The van der Waals surface area contributed by atoms with Crippen molar-refractivity contribution in [2.75, 3.05) is 6.54 Å². The van der Waals surface area contributed by atoms with Crippen LogP contribution in [0.4, 0.5) is 0 Å². The van der Waals surface area contributed by atoms with Gasteiger partial charge in [0.2, 0.25) is 0 Å². The highest BCUT2D eigenvalue weighted by Crippen LogP contribution is 2.30. The van der Waals surface area contributed by atoms with E-state index in [1.54, 1.807) is 12.1 Å². The highest BCUT2D eigenvalue weighted by molar-refractivity contribution is 9.10. The Balaban J connectivity index is 0.00000242. The number of hydrogen-bond acceptors (Lipinski definition) is 3. The van der Waals surface area contributed by atoms with Gasteiger partial charge in [-0.25, -0.2) is 0 Å². The Labute approximate surface area is 145 Å². The lowest BCUT2D eigenvalue weighted by atomic mass is 9.82. The van der Waals surface area contributed by atoms with E-state index in [1.165, 1.54) is 0 Å². The lowest BCUT2D eigenvalue weighted by molar-refractivity contribution is -0.140. The summed E-state index contributed by atoms with van der Waals surface area (Å²) < 4.78 is 6.38. The second kappa shape index (κ2) is 9.00. The lowest BCUT2D eigenvalue weighted by Gasteiger charge is -2.26. The summed E-state index contributed by atoms with van der Waals surface area (Å²) in [5, 5.41) is 0. The molecule has 1 fully saturated rings. The second-order valence-electron chi connectivity index (χ2n) is 5.36. The minimum atomic E-state index is -0.141. The topological polar surface area (TPSA) is 90.7 Å². The van der Waals surface area contributed by atoms with E-state index in [9.17, 15) is 4.79 Å². The molecule has 22 heavy (non-hydrogen) atoms. The molecule has 4 N–H and O–H groups in total. The molecule has 1 aliphatic carbocycles. The summed E-state index contributed by atoms with van der Waals surface area (Å²) in [6.45, 7) is 0.650. The largest absolute Gasteiger partial charge is 0.426 e. The molecule has 0 aromatic heterocycles. The molecule has 1 aromatic carbocycles. The Kier molecular flexibility index (Phi) is 7.68. The van der Waals surface area contributed by atoms with Crippen LogP contribution in [0, 0.1) is 11.8 Å². The predicted molar refractivity (Wildman–Crippen MR) is 93.1 cm³/mol. The first-order chi connectivity index (χ1) is 10.0. The molecule has 0 heterocycles. The van der Waals surface area contributed by atoms with Gasteiger partial charge in [0.05, 0.1) is 5.92 Å². The molecular weight excluding hydrogens is 370 g/mol. The number of benzene rings is 1. The Morgan fingerprint density at radius 3 is 2.32 bits per heavy atom. The average molecular weight is 391 g/mol. The summed E-state index contributed by atoms with van der Waals surface area (Å²) in [6.07, 6.45) is 3.58. The van der Waals surface area contributed by atoms with Gasteiger partial charge in [-0.15, -0.1) is 12.4 Å². The maximum atomic E-state index is 12.1. The fraction of sp³-hybridized carbons (Fsp3) is 0.467. The van der Waals surface area contributed by atoms with Crippen molar-refractivity contribution in [2.45, 2.75) is 25.7 Å². The Morgan fingerprint density at radius 2 is 1.77 bits per heavy atom. The minimum Gasteiger partial charge on any atom is -0.426 e. The van der Waals surface area contributed by atoms with E-state index in [0.29, 0.717) is 18.2 Å². The van der Waals surface area contributed by atoms with E-state index in [2.05, 4.69) is 20.9 Å². The monoisotopic (exact) mass is 389 g/mol. The van der Waals surface area contributed by atoms with Gasteiger partial charge in [-0.1, -0.05) is 15.9 Å². The van der Waals surface area contributed by atoms with Gasteiger partial charge in [0.15, 0.2) is 5.96 Å². The zero-order valence-corrected chi connectivity index (χ0v) is 14.6. The molecule has 0 spiro atoms. The summed E-state index contributed by atoms with van der Waals surface area (Å²) >= 11 is 3.35. The maximum Gasteiger partial charge on any atom is 0.314 e. The van der Waals surface area contributed by atoms with Crippen LogP contribution in [0.15, 0.2) is 33.7 Å². The summed E-state index contributed by atoms with van der Waals surface area (Å²) in [5.41, 5.74) is 10.7. The lowest BCUT2D eigenvalue weighted by Crippen LogP contribution is -2.28. The third kappa shape index (κ3) is 5.85. The van der Waals surface area contributed by atoms with Crippen molar-refractivity contribution in [1.29, 1.82) is 0 Å². The maximum absolute atomic E-state index is 12.1. The third-order valence-electron chi connectivity index (χ3n) is 3.74. The number of ether oxygens (including phenoxy) is 1. The van der Waals surface area contributed by atoms with Crippen LogP contribution in [0.25, 0.3) is 0 Å². The Morgan fingerprint density at radius 1 is 1.18 bits per heavy atom. The molecule has 0 radical (unpaired) electrons. The van der Waals surface area contributed by atoms with Crippen LogP contribution in [0.3, 0.4) is 0 Å². The summed E-state index contributed by atoms with van der Waals surface area (Å²) in [5.74, 6) is 1.02. The molecule has 1 saturated carbocycles. The van der Waals surface area contributed by atoms with E-state index >= 15 is 0 Å². The Hall–Kier alpha value is -1.27. The number of carbonyl (C=O) groups is 1. The van der Waals surface area contributed by atoms with Gasteiger partial charge in [-0.3, -0.25) is 9.79 Å². The molecule has 1 aliphatic rings. The van der Waals surface area contributed by atoms with Gasteiger partial charge in [-0.2, -0.15) is 0 Å². The van der Waals surface area contributed by atoms with Gasteiger partial charge in [0.25, 0.3) is 0 Å². The normalized spacial score (nSPS) is 20.6. The fourth-order valence-electron chi connectivity index (χ4n) is 2.52. The van der Waals surface area contributed by atoms with Crippen molar-refractivity contribution in [2.24, 2.45) is 28.3 Å². The molecular formula is C15H21BrClN3O2. The van der Waals surface area contributed by atoms with Crippen LogP contribution >= 0.6 is 28.3 Å². The van der Waals surface area contributed by atoms with Gasteiger partial charge >= 0.3 is 5.97 Å². The molecule has 5 nitrogen and oxygen atoms in total. The van der Waals surface area contributed by atoms with E-state index in [1.807, 2.05) is 12.1 Å². The van der Waals surface area contributed by atoms with E-state index < -0.39 is 0 Å². The highest BCUT2D eigenvalue weighted by atomic mass is 79.9. The first-order valence-corrected chi connectivity index (χ1v) is 7.86. The highest BCUT2D eigenvalue weighted by Gasteiger charge is 2.27. The number of carbonyl (C=O) groups excluding carboxylic acids is 1. The van der Waals surface area contributed by atoms with Crippen LogP contribution in [-0.4, -0.2) is 18.5 Å². The van der Waals surface area contributed by atoms with Crippen LogP contribution in [0.5, 0.6) is 5.75 Å². The van der Waals surface area contributed by atoms with Crippen LogP contribution < -0.4 is 16.2 Å². The van der Waals surface area contributed by atoms with Gasteiger partial charge in [0.1, 0.15) is 5.75 Å². The number of nitrogens with zero attached hydrogens (tertiary/aromatic N) is 1. The first-order valence-electron chi connectivity index (χ1n) is 7.07. The average Bonchev–Trinajstić information content (AvgIpc) is 2.48. The number of esters is 1. The van der Waals surface area contributed by atoms with Crippen molar-refractivity contribution < 1.29 is 9.53 Å². The Bertz CT molecular complexity index is 510. The molecule has 2 rings (SSSR count). The molecule has 0 saturated heterocycles. The number of guanidine groups is 1. The van der Waals surface area contributed by atoms with Crippen LogP contribution in [-0.2, 0) is 4.79 Å². The first kappa shape index (κ1) is 18.8. The molecule has 0 unspecified atom stereocenters. The van der Waals surface area contributed by atoms with Crippen molar-refractivity contribution in [1.82, 2.24) is 0 Å². The molecule has 0 amide bonds. The van der Waals surface area contributed by atoms with Crippen molar-refractivity contribution in [3.8, 4) is 5.75 Å². The van der Waals surface area contributed by atoms with E-state index in [0.717, 1.165) is 30.2 Å². The second-order valence-corrected chi connectivity index (χ2v) is 6.27. The van der Waals surface area contributed by atoms with E-state index in [4.69, 9.17) is 16.2 Å². The third-order valence-corrected chi connectivity index (χ3v) is 4.27. The predicted octanol–water partition coefficient (Wildman–Crippen LogP) is 2.86. The van der Waals surface area contributed by atoms with Gasteiger partial charge in [-0.05, 0) is 55.9 Å². The smallest absolute Gasteiger partial charge is 0.314 e. The quantitative estimate of drug-likeness (QED) is 0.358. The van der Waals surface area contributed by atoms with Gasteiger partial charge < -0.3 is 16.2 Å². The number of aliphatic imine (C=N–C) groups is 1. The molecule has 7 heteroatoms. The van der Waals surface area contributed by atoms with Gasteiger partial charge in [0, 0.05) is 11.0 Å².